The van der Waals surface area contributed by atoms with E-state index in [1.54, 1.807) is 18.6 Å². The Hall–Kier alpha value is -2.89. The van der Waals surface area contributed by atoms with Crippen LogP contribution in [0.1, 0.15) is 17.2 Å². The molecule has 0 amide bonds. The van der Waals surface area contributed by atoms with Gasteiger partial charge in [0.2, 0.25) is 0 Å². The first-order chi connectivity index (χ1) is 10.7. The van der Waals surface area contributed by atoms with Crippen LogP contribution in [0.4, 0.5) is 5.82 Å². The molecule has 3 aromatic rings. The molecular formula is C16H16N6. The first kappa shape index (κ1) is 14.1. The molecule has 110 valence electrons. The number of aromatic nitrogens is 5. The largest absolute Gasteiger partial charge is 0.364 e. The zero-order valence-electron chi connectivity index (χ0n) is 12.5. The Labute approximate surface area is 128 Å². The van der Waals surface area contributed by atoms with Crippen molar-refractivity contribution in [1.29, 1.82) is 0 Å². The molecule has 0 unspecified atom stereocenters. The van der Waals surface area contributed by atoms with Crippen LogP contribution in [-0.2, 0) is 6.54 Å². The SMILES string of the molecule is Cc1cc(NCc2ccnc(C)n2)nc(-c2cccnc2)n1. The molecule has 0 fully saturated rings. The molecule has 3 rings (SSSR count). The highest BCUT2D eigenvalue weighted by Gasteiger charge is 2.05. The molecule has 0 atom stereocenters. The van der Waals surface area contributed by atoms with Crippen molar-refractivity contribution in [3.63, 3.8) is 0 Å². The minimum atomic E-state index is 0.590. The van der Waals surface area contributed by atoms with Crippen LogP contribution in [0.5, 0.6) is 0 Å². The van der Waals surface area contributed by atoms with E-state index in [2.05, 4.69) is 30.2 Å². The summed E-state index contributed by atoms with van der Waals surface area (Å²) in [4.78, 5) is 21.6. The highest BCUT2D eigenvalue weighted by molar-refractivity contribution is 5.56. The van der Waals surface area contributed by atoms with Crippen LogP contribution >= 0.6 is 0 Å². The number of anilines is 1. The summed E-state index contributed by atoms with van der Waals surface area (Å²) in [6, 6.07) is 7.61. The lowest BCUT2D eigenvalue weighted by molar-refractivity contribution is 0.946. The van der Waals surface area contributed by atoms with Crippen molar-refractivity contribution in [2.75, 3.05) is 5.32 Å². The van der Waals surface area contributed by atoms with Crippen LogP contribution in [0.25, 0.3) is 11.4 Å². The Kier molecular flexibility index (Phi) is 4.00. The molecule has 0 bridgehead atoms. The lowest BCUT2D eigenvalue weighted by Gasteiger charge is -2.08. The number of hydrogen-bond acceptors (Lipinski definition) is 6. The van der Waals surface area contributed by atoms with Crippen molar-refractivity contribution in [3.8, 4) is 11.4 Å². The number of rotatable bonds is 4. The van der Waals surface area contributed by atoms with Crippen LogP contribution in [0, 0.1) is 13.8 Å². The van der Waals surface area contributed by atoms with Crippen molar-refractivity contribution < 1.29 is 0 Å². The van der Waals surface area contributed by atoms with Crippen LogP contribution in [0.15, 0.2) is 42.9 Å². The Morgan fingerprint density at radius 2 is 1.95 bits per heavy atom. The maximum absolute atomic E-state index is 4.54. The second kappa shape index (κ2) is 6.26. The topological polar surface area (TPSA) is 76.5 Å². The van der Waals surface area contributed by atoms with Gasteiger partial charge >= 0.3 is 0 Å². The van der Waals surface area contributed by atoms with Gasteiger partial charge in [-0.05, 0) is 32.0 Å². The van der Waals surface area contributed by atoms with Gasteiger partial charge in [0, 0.05) is 35.9 Å². The van der Waals surface area contributed by atoms with Gasteiger partial charge in [-0.3, -0.25) is 4.98 Å². The fraction of sp³-hybridized carbons (Fsp3) is 0.188. The van der Waals surface area contributed by atoms with E-state index in [0.717, 1.165) is 28.6 Å². The average molecular weight is 292 g/mol. The Morgan fingerprint density at radius 1 is 1.05 bits per heavy atom. The number of aryl methyl sites for hydroxylation is 2. The fourth-order valence-electron chi connectivity index (χ4n) is 2.07. The number of hydrogen-bond donors (Lipinski definition) is 1. The molecule has 0 spiro atoms. The van der Waals surface area contributed by atoms with Gasteiger partial charge in [-0.25, -0.2) is 19.9 Å². The maximum atomic E-state index is 4.54. The number of pyridine rings is 1. The normalized spacial score (nSPS) is 10.5. The van der Waals surface area contributed by atoms with Crippen molar-refractivity contribution in [1.82, 2.24) is 24.9 Å². The third-order valence-corrected chi connectivity index (χ3v) is 3.06. The minimum absolute atomic E-state index is 0.590. The van der Waals surface area contributed by atoms with Crippen molar-refractivity contribution in [3.05, 3.63) is 60.1 Å². The van der Waals surface area contributed by atoms with E-state index in [9.17, 15) is 0 Å². The number of nitrogens with one attached hydrogen (secondary N) is 1. The summed E-state index contributed by atoms with van der Waals surface area (Å²) in [5.41, 5.74) is 2.72. The molecule has 0 aliphatic rings. The zero-order valence-corrected chi connectivity index (χ0v) is 12.5. The van der Waals surface area contributed by atoms with Crippen molar-refractivity contribution in [2.45, 2.75) is 20.4 Å². The summed E-state index contributed by atoms with van der Waals surface area (Å²) in [6.45, 7) is 4.41. The summed E-state index contributed by atoms with van der Waals surface area (Å²) >= 11 is 0. The van der Waals surface area contributed by atoms with Crippen LogP contribution in [0.2, 0.25) is 0 Å². The minimum Gasteiger partial charge on any atom is -0.364 e. The third kappa shape index (κ3) is 3.41. The highest BCUT2D eigenvalue weighted by Crippen LogP contribution is 2.16. The van der Waals surface area contributed by atoms with Gasteiger partial charge in [0.05, 0.1) is 12.2 Å². The average Bonchev–Trinajstić information content (AvgIpc) is 2.53. The van der Waals surface area contributed by atoms with E-state index in [1.165, 1.54) is 0 Å². The molecule has 0 aromatic carbocycles. The summed E-state index contributed by atoms with van der Waals surface area (Å²) in [7, 11) is 0. The second-order valence-corrected chi connectivity index (χ2v) is 4.91. The van der Waals surface area contributed by atoms with Crippen LogP contribution in [-0.4, -0.2) is 24.9 Å². The fourth-order valence-corrected chi connectivity index (χ4v) is 2.07. The molecular weight excluding hydrogens is 276 g/mol. The first-order valence-electron chi connectivity index (χ1n) is 6.99. The van der Waals surface area contributed by atoms with Gasteiger partial charge in [-0.15, -0.1) is 0 Å². The van der Waals surface area contributed by atoms with E-state index in [1.807, 2.05) is 38.1 Å². The predicted octanol–water partition coefficient (Wildman–Crippen LogP) is 2.56. The Morgan fingerprint density at radius 3 is 2.73 bits per heavy atom. The molecule has 3 heterocycles. The molecule has 3 aromatic heterocycles. The quantitative estimate of drug-likeness (QED) is 0.796. The van der Waals surface area contributed by atoms with Gasteiger partial charge in [0.15, 0.2) is 5.82 Å². The van der Waals surface area contributed by atoms with Gasteiger partial charge < -0.3 is 5.32 Å². The second-order valence-electron chi connectivity index (χ2n) is 4.91. The van der Waals surface area contributed by atoms with E-state index in [0.29, 0.717) is 12.4 Å². The Bertz CT molecular complexity index is 773. The van der Waals surface area contributed by atoms with E-state index in [4.69, 9.17) is 0 Å². The van der Waals surface area contributed by atoms with E-state index >= 15 is 0 Å². The maximum Gasteiger partial charge on any atom is 0.163 e. The summed E-state index contributed by atoms with van der Waals surface area (Å²) in [6.07, 6.45) is 5.24. The Balaban J connectivity index is 1.81. The lowest BCUT2D eigenvalue weighted by Crippen LogP contribution is -2.06. The molecule has 0 aliphatic carbocycles. The zero-order chi connectivity index (χ0) is 15.4. The molecule has 0 saturated heterocycles. The predicted molar refractivity (Wildman–Crippen MR) is 84.1 cm³/mol. The van der Waals surface area contributed by atoms with Crippen LogP contribution in [0.3, 0.4) is 0 Å². The summed E-state index contributed by atoms with van der Waals surface area (Å²) < 4.78 is 0. The van der Waals surface area contributed by atoms with Gasteiger partial charge in [0.25, 0.3) is 0 Å². The highest BCUT2D eigenvalue weighted by atomic mass is 15.0. The molecule has 0 radical (unpaired) electrons. The molecule has 0 aliphatic heterocycles. The van der Waals surface area contributed by atoms with Crippen LogP contribution < -0.4 is 5.32 Å². The molecule has 0 saturated carbocycles. The molecule has 6 nitrogen and oxygen atoms in total. The third-order valence-electron chi connectivity index (χ3n) is 3.06. The molecule has 6 heteroatoms. The van der Waals surface area contributed by atoms with E-state index in [-0.39, 0.29) is 0 Å². The van der Waals surface area contributed by atoms with Crippen molar-refractivity contribution in [2.24, 2.45) is 0 Å². The standard InChI is InChI=1S/C16H16N6/c1-11-8-15(19-10-14-5-7-18-12(2)21-14)22-16(20-11)13-4-3-6-17-9-13/h3-9H,10H2,1-2H3,(H,19,20,22). The monoisotopic (exact) mass is 292 g/mol. The van der Waals surface area contributed by atoms with Gasteiger partial charge in [-0.2, -0.15) is 0 Å². The van der Waals surface area contributed by atoms with Gasteiger partial charge in [0.1, 0.15) is 11.6 Å². The molecule has 1 N–H and O–H groups in total. The first-order valence-corrected chi connectivity index (χ1v) is 6.99. The van der Waals surface area contributed by atoms with Crippen molar-refractivity contribution >= 4 is 5.82 Å². The summed E-state index contributed by atoms with van der Waals surface area (Å²) in [5, 5.41) is 3.28. The smallest absolute Gasteiger partial charge is 0.163 e. The van der Waals surface area contributed by atoms with E-state index < -0.39 is 0 Å². The van der Waals surface area contributed by atoms with Gasteiger partial charge in [-0.1, -0.05) is 0 Å². The number of nitrogens with zero attached hydrogens (tertiary/aromatic N) is 5. The molecule has 22 heavy (non-hydrogen) atoms. The summed E-state index contributed by atoms with van der Waals surface area (Å²) in [5.74, 6) is 2.19. The lowest BCUT2D eigenvalue weighted by atomic mass is 10.2.